The minimum atomic E-state index is -3.75. The molecule has 0 aliphatic rings. The number of aromatic nitrogens is 5. The van der Waals surface area contributed by atoms with Crippen LogP contribution in [-0.2, 0) is 10.0 Å². The molecule has 0 aliphatic heterocycles. The summed E-state index contributed by atoms with van der Waals surface area (Å²) in [5, 5.41) is 3.97. The molecule has 0 spiro atoms. The van der Waals surface area contributed by atoms with Crippen molar-refractivity contribution >= 4 is 10.0 Å². The molecule has 8 heteroatoms. The molecule has 106 valence electrons. The number of nitrogens with zero attached hydrogens (tertiary/aromatic N) is 5. The summed E-state index contributed by atoms with van der Waals surface area (Å²) < 4.78 is 25.7. The second-order valence-corrected chi connectivity index (χ2v) is 6.15. The fourth-order valence-electron chi connectivity index (χ4n) is 1.72. The molecule has 0 unspecified atom stereocenters. The van der Waals surface area contributed by atoms with Gasteiger partial charge in [-0.15, -0.1) is 9.19 Å². The third kappa shape index (κ3) is 2.52. The summed E-state index contributed by atoms with van der Waals surface area (Å²) in [5.74, 6) is 0.207. The maximum Gasteiger partial charge on any atom is 0.284 e. The van der Waals surface area contributed by atoms with E-state index in [9.17, 15) is 8.42 Å². The van der Waals surface area contributed by atoms with Gasteiger partial charge in [-0.2, -0.15) is 8.42 Å². The third-order valence-electron chi connectivity index (χ3n) is 2.83. The number of aryl methyl sites for hydroxylation is 1. The zero-order chi connectivity index (χ0) is 14.9. The largest absolute Gasteiger partial charge is 0.284 e. The van der Waals surface area contributed by atoms with E-state index in [1.54, 1.807) is 12.1 Å². The molecule has 21 heavy (non-hydrogen) atoms. The lowest BCUT2D eigenvalue weighted by molar-refractivity contribution is 0.580. The Morgan fingerprint density at radius 1 is 1.05 bits per heavy atom. The lowest BCUT2D eigenvalue weighted by Crippen LogP contribution is -2.13. The van der Waals surface area contributed by atoms with E-state index >= 15 is 0 Å². The van der Waals surface area contributed by atoms with Crippen molar-refractivity contribution in [3.8, 4) is 11.5 Å². The van der Waals surface area contributed by atoms with Gasteiger partial charge in [-0.25, -0.2) is 9.97 Å². The van der Waals surface area contributed by atoms with Crippen molar-refractivity contribution in [1.82, 2.24) is 24.1 Å². The van der Waals surface area contributed by atoms with Crippen molar-refractivity contribution in [3.63, 3.8) is 0 Å². The van der Waals surface area contributed by atoms with Gasteiger partial charge >= 0.3 is 0 Å². The predicted molar refractivity (Wildman–Crippen MR) is 74.8 cm³/mol. The maximum atomic E-state index is 12.4. The molecule has 3 aromatic rings. The minimum absolute atomic E-state index is 0.156. The lowest BCUT2D eigenvalue weighted by atomic mass is 10.2. The van der Waals surface area contributed by atoms with E-state index in [2.05, 4.69) is 20.1 Å². The van der Waals surface area contributed by atoms with E-state index < -0.39 is 10.0 Å². The molecule has 2 heterocycles. The first kappa shape index (κ1) is 13.4. The van der Waals surface area contributed by atoms with Crippen LogP contribution < -0.4 is 0 Å². The topological polar surface area (TPSA) is 90.6 Å². The van der Waals surface area contributed by atoms with Gasteiger partial charge in [-0.3, -0.25) is 4.98 Å². The Labute approximate surface area is 121 Å². The molecule has 0 saturated heterocycles. The zero-order valence-corrected chi connectivity index (χ0v) is 11.9. The van der Waals surface area contributed by atoms with Gasteiger partial charge in [0.15, 0.2) is 0 Å². The van der Waals surface area contributed by atoms with Gasteiger partial charge in [0, 0.05) is 12.4 Å². The second-order valence-electron chi connectivity index (χ2n) is 4.35. The molecule has 0 radical (unpaired) electrons. The van der Waals surface area contributed by atoms with Crippen molar-refractivity contribution in [1.29, 1.82) is 0 Å². The van der Waals surface area contributed by atoms with E-state index in [1.807, 2.05) is 6.92 Å². The van der Waals surface area contributed by atoms with Crippen molar-refractivity contribution in [2.24, 2.45) is 0 Å². The van der Waals surface area contributed by atoms with Gasteiger partial charge < -0.3 is 0 Å². The highest BCUT2D eigenvalue weighted by molar-refractivity contribution is 7.89. The maximum absolute atomic E-state index is 12.4. The van der Waals surface area contributed by atoms with Crippen LogP contribution in [0.1, 0.15) is 5.56 Å². The van der Waals surface area contributed by atoms with Crippen LogP contribution >= 0.6 is 0 Å². The monoisotopic (exact) mass is 301 g/mol. The Bertz CT molecular complexity index is 857. The highest BCUT2D eigenvalue weighted by atomic mass is 32.2. The smallest absolute Gasteiger partial charge is 0.261 e. The standard InChI is InChI=1S/C13H11N5O2S/c1-10-2-4-11(5-3-10)21(19,20)18-9-16-13(17-18)12-8-14-6-7-15-12/h2-9H,1H3. The van der Waals surface area contributed by atoms with Crippen LogP contribution in [0.25, 0.3) is 11.5 Å². The van der Waals surface area contributed by atoms with E-state index in [0.29, 0.717) is 5.69 Å². The molecule has 0 bridgehead atoms. The quantitative estimate of drug-likeness (QED) is 0.724. The first-order chi connectivity index (χ1) is 10.1. The van der Waals surface area contributed by atoms with Gasteiger partial charge in [0.1, 0.15) is 12.0 Å². The molecule has 7 nitrogen and oxygen atoms in total. The molecular weight excluding hydrogens is 290 g/mol. The average molecular weight is 301 g/mol. The average Bonchev–Trinajstić information content (AvgIpc) is 2.99. The zero-order valence-electron chi connectivity index (χ0n) is 11.1. The summed E-state index contributed by atoms with van der Waals surface area (Å²) in [6.07, 6.45) is 5.63. The van der Waals surface area contributed by atoms with Crippen molar-refractivity contribution in [3.05, 3.63) is 54.7 Å². The number of hydrogen-bond donors (Lipinski definition) is 0. The summed E-state index contributed by atoms with van der Waals surface area (Å²) in [6, 6.07) is 6.53. The Kier molecular flexibility index (Phi) is 3.22. The fraction of sp³-hybridized carbons (Fsp3) is 0.0769. The van der Waals surface area contributed by atoms with Crippen molar-refractivity contribution < 1.29 is 8.42 Å². The number of benzene rings is 1. The SMILES string of the molecule is Cc1ccc(S(=O)(=O)n2cnc(-c3cnccn3)n2)cc1. The summed E-state index contributed by atoms with van der Waals surface area (Å²) in [5.41, 5.74) is 1.39. The first-order valence-corrected chi connectivity index (χ1v) is 7.52. The second kappa shape index (κ2) is 5.06. The molecule has 0 amide bonds. The molecule has 0 saturated carbocycles. The van der Waals surface area contributed by atoms with E-state index in [-0.39, 0.29) is 10.7 Å². The van der Waals surface area contributed by atoms with E-state index in [1.165, 1.54) is 30.7 Å². The molecule has 0 atom stereocenters. The van der Waals surface area contributed by atoms with Gasteiger partial charge in [0.25, 0.3) is 10.0 Å². The Hall–Kier alpha value is -2.61. The Morgan fingerprint density at radius 3 is 2.48 bits per heavy atom. The third-order valence-corrected chi connectivity index (χ3v) is 4.37. The summed E-state index contributed by atoms with van der Waals surface area (Å²) in [6.45, 7) is 1.89. The summed E-state index contributed by atoms with van der Waals surface area (Å²) in [4.78, 5) is 12.1. The minimum Gasteiger partial charge on any atom is -0.261 e. The highest BCUT2D eigenvalue weighted by Crippen LogP contribution is 2.15. The van der Waals surface area contributed by atoms with Crippen molar-refractivity contribution in [2.45, 2.75) is 11.8 Å². The molecule has 2 aromatic heterocycles. The predicted octanol–water partition coefficient (Wildman–Crippen LogP) is 1.28. The van der Waals surface area contributed by atoms with Gasteiger partial charge in [0.2, 0.25) is 5.82 Å². The number of hydrogen-bond acceptors (Lipinski definition) is 6. The van der Waals surface area contributed by atoms with E-state index in [4.69, 9.17) is 0 Å². The van der Waals surface area contributed by atoms with Crippen LogP contribution in [-0.4, -0.2) is 32.6 Å². The summed E-state index contributed by atoms with van der Waals surface area (Å²) in [7, 11) is -3.75. The normalized spacial score (nSPS) is 11.5. The van der Waals surface area contributed by atoms with Crippen molar-refractivity contribution in [2.75, 3.05) is 0 Å². The van der Waals surface area contributed by atoms with Crippen LogP contribution in [0.2, 0.25) is 0 Å². The van der Waals surface area contributed by atoms with Crippen LogP contribution in [0.5, 0.6) is 0 Å². The van der Waals surface area contributed by atoms with Crippen LogP contribution in [0.15, 0.2) is 54.1 Å². The fourth-order valence-corrected chi connectivity index (χ4v) is 2.77. The molecule has 0 N–H and O–H groups in total. The highest BCUT2D eigenvalue weighted by Gasteiger charge is 2.19. The van der Waals surface area contributed by atoms with Crippen LogP contribution in [0.3, 0.4) is 0 Å². The molecular formula is C13H11N5O2S. The Balaban J connectivity index is 2.01. The number of rotatable bonds is 3. The first-order valence-electron chi connectivity index (χ1n) is 6.08. The molecule has 3 rings (SSSR count). The van der Waals surface area contributed by atoms with Gasteiger partial charge in [-0.05, 0) is 19.1 Å². The van der Waals surface area contributed by atoms with Crippen LogP contribution in [0.4, 0.5) is 0 Å². The van der Waals surface area contributed by atoms with Gasteiger partial charge in [-0.1, -0.05) is 17.7 Å². The lowest BCUT2D eigenvalue weighted by Gasteiger charge is -2.03. The Morgan fingerprint density at radius 2 is 1.81 bits per heavy atom. The van der Waals surface area contributed by atoms with E-state index in [0.717, 1.165) is 16.0 Å². The van der Waals surface area contributed by atoms with Crippen LogP contribution in [0, 0.1) is 6.92 Å². The summed E-state index contributed by atoms with van der Waals surface area (Å²) >= 11 is 0. The molecule has 1 aromatic carbocycles. The molecule has 0 fully saturated rings. The molecule has 0 aliphatic carbocycles. The van der Waals surface area contributed by atoms with Gasteiger partial charge in [0.05, 0.1) is 11.1 Å².